The second kappa shape index (κ2) is 12.5. The summed E-state index contributed by atoms with van der Waals surface area (Å²) in [5.41, 5.74) is 4.35. The van der Waals surface area contributed by atoms with Gasteiger partial charge in [0.1, 0.15) is 0 Å². The molecule has 0 amide bonds. The Morgan fingerprint density at radius 3 is 2.75 bits per heavy atom. The zero-order chi connectivity index (χ0) is 16.3. The van der Waals surface area contributed by atoms with E-state index in [-0.39, 0.29) is 24.0 Å². The fourth-order valence-corrected chi connectivity index (χ4v) is 2.77. The van der Waals surface area contributed by atoms with Gasteiger partial charge in [-0.25, -0.2) is 0 Å². The first-order valence-electron chi connectivity index (χ1n) is 8.45. The van der Waals surface area contributed by atoms with Crippen LogP contribution in [0.2, 0.25) is 0 Å². The minimum absolute atomic E-state index is 0. The van der Waals surface area contributed by atoms with Gasteiger partial charge in [-0.15, -0.1) is 24.0 Å². The minimum Gasteiger partial charge on any atom is -0.382 e. The Labute approximate surface area is 162 Å². The summed E-state index contributed by atoms with van der Waals surface area (Å²) in [6.07, 6.45) is 4.70. The lowest BCUT2D eigenvalue weighted by atomic mass is 10.1. The molecule has 0 saturated heterocycles. The lowest BCUT2D eigenvalue weighted by Crippen LogP contribution is -2.37. The summed E-state index contributed by atoms with van der Waals surface area (Å²) >= 11 is 0. The van der Waals surface area contributed by atoms with Crippen molar-refractivity contribution in [2.45, 2.75) is 32.2 Å². The predicted molar refractivity (Wildman–Crippen MR) is 109 cm³/mol. The number of hydrogen-bond donors (Lipinski definition) is 2. The molecule has 1 aromatic rings. The van der Waals surface area contributed by atoms with Crippen LogP contribution in [-0.2, 0) is 28.9 Å². The summed E-state index contributed by atoms with van der Waals surface area (Å²) in [6, 6.07) is 6.81. The van der Waals surface area contributed by atoms with Crippen molar-refractivity contribution in [2.24, 2.45) is 4.99 Å². The quantitative estimate of drug-likeness (QED) is 0.265. The molecule has 1 aliphatic carbocycles. The SMILES string of the molecule is CN=C(NCCCOCCOC)NCc1ccc2c(c1)CCC2.I. The number of nitrogens with one attached hydrogen (secondary N) is 2. The van der Waals surface area contributed by atoms with Gasteiger partial charge < -0.3 is 20.1 Å². The standard InChI is InChI=1S/C18H29N3O2.HI/c1-19-18(20-9-4-10-23-12-11-22-2)21-14-15-7-8-16-5-3-6-17(16)13-15;/h7-8,13H,3-6,9-12,14H2,1-2H3,(H2,19,20,21);1H. The van der Waals surface area contributed by atoms with Crippen LogP contribution in [0.15, 0.2) is 23.2 Å². The maximum atomic E-state index is 5.44. The molecule has 0 unspecified atom stereocenters. The number of aliphatic imine (C=N–C) groups is 1. The van der Waals surface area contributed by atoms with Gasteiger partial charge in [0, 0.05) is 33.9 Å². The van der Waals surface area contributed by atoms with Crippen molar-refractivity contribution in [3.05, 3.63) is 34.9 Å². The Balaban J connectivity index is 0.00000288. The van der Waals surface area contributed by atoms with Crippen molar-refractivity contribution in [1.29, 1.82) is 0 Å². The molecule has 0 atom stereocenters. The molecule has 0 radical (unpaired) electrons. The summed E-state index contributed by atoms with van der Waals surface area (Å²) in [6.45, 7) is 3.69. The molecular weight excluding hydrogens is 417 g/mol. The van der Waals surface area contributed by atoms with Crippen LogP contribution < -0.4 is 10.6 Å². The van der Waals surface area contributed by atoms with E-state index >= 15 is 0 Å². The van der Waals surface area contributed by atoms with Crippen molar-refractivity contribution < 1.29 is 9.47 Å². The van der Waals surface area contributed by atoms with Crippen LogP contribution in [0, 0.1) is 0 Å². The van der Waals surface area contributed by atoms with Gasteiger partial charge >= 0.3 is 0 Å². The van der Waals surface area contributed by atoms with Crippen LogP contribution in [0.4, 0.5) is 0 Å². The highest BCUT2D eigenvalue weighted by molar-refractivity contribution is 14.0. The highest BCUT2D eigenvalue weighted by Crippen LogP contribution is 2.22. The van der Waals surface area contributed by atoms with E-state index in [1.54, 1.807) is 14.2 Å². The maximum Gasteiger partial charge on any atom is 0.191 e. The van der Waals surface area contributed by atoms with Gasteiger partial charge in [0.25, 0.3) is 0 Å². The molecule has 0 saturated carbocycles. The number of methoxy groups -OCH3 is 1. The molecular formula is C18H30IN3O2. The Kier molecular flexibility index (Phi) is 11.0. The summed E-state index contributed by atoms with van der Waals surface area (Å²) < 4.78 is 10.4. The first kappa shape index (κ1) is 21.2. The fraction of sp³-hybridized carbons (Fsp3) is 0.611. The minimum atomic E-state index is 0. The van der Waals surface area contributed by atoms with Gasteiger partial charge in [-0.1, -0.05) is 18.2 Å². The Morgan fingerprint density at radius 2 is 1.96 bits per heavy atom. The summed E-state index contributed by atoms with van der Waals surface area (Å²) in [5, 5.41) is 6.68. The second-order valence-electron chi connectivity index (χ2n) is 5.77. The molecule has 6 heteroatoms. The van der Waals surface area contributed by atoms with Crippen LogP contribution >= 0.6 is 24.0 Å². The molecule has 136 valence electrons. The monoisotopic (exact) mass is 447 g/mol. The lowest BCUT2D eigenvalue weighted by molar-refractivity contribution is 0.0698. The molecule has 2 N–H and O–H groups in total. The van der Waals surface area contributed by atoms with Crippen LogP contribution in [0.3, 0.4) is 0 Å². The third kappa shape index (κ3) is 7.36. The zero-order valence-corrected chi connectivity index (χ0v) is 17.1. The molecule has 0 fully saturated rings. The average molecular weight is 447 g/mol. The molecule has 5 nitrogen and oxygen atoms in total. The van der Waals surface area contributed by atoms with Crippen LogP contribution in [0.1, 0.15) is 29.5 Å². The predicted octanol–water partition coefficient (Wildman–Crippen LogP) is 2.51. The van der Waals surface area contributed by atoms with Gasteiger partial charge in [-0.2, -0.15) is 0 Å². The first-order chi connectivity index (χ1) is 11.3. The largest absolute Gasteiger partial charge is 0.382 e. The fourth-order valence-electron chi connectivity index (χ4n) is 2.77. The molecule has 0 spiro atoms. The Bertz CT molecular complexity index is 509. The highest BCUT2D eigenvalue weighted by Gasteiger charge is 2.10. The average Bonchev–Trinajstić information content (AvgIpc) is 3.04. The molecule has 24 heavy (non-hydrogen) atoms. The van der Waals surface area contributed by atoms with Gasteiger partial charge in [0.15, 0.2) is 5.96 Å². The van der Waals surface area contributed by atoms with E-state index in [0.717, 1.165) is 32.1 Å². The van der Waals surface area contributed by atoms with E-state index in [2.05, 4.69) is 33.8 Å². The van der Waals surface area contributed by atoms with E-state index in [9.17, 15) is 0 Å². The topological polar surface area (TPSA) is 54.9 Å². The smallest absolute Gasteiger partial charge is 0.191 e. The van der Waals surface area contributed by atoms with Crippen LogP contribution in [-0.4, -0.2) is 46.5 Å². The molecule has 2 rings (SSSR count). The van der Waals surface area contributed by atoms with Crippen molar-refractivity contribution in [3.8, 4) is 0 Å². The van der Waals surface area contributed by atoms with Gasteiger partial charge in [0.2, 0.25) is 0 Å². The van der Waals surface area contributed by atoms with Gasteiger partial charge in [0.05, 0.1) is 13.2 Å². The summed E-state index contributed by atoms with van der Waals surface area (Å²) in [7, 11) is 3.48. The number of aryl methyl sites for hydroxylation is 2. The summed E-state index contributed by atoms with van der Waals surface area (Å²) in [4.78, 5) is 4.26. The number of fused-ring (bicyclic) bond motifs is 1. The van der Waals surface area contributed by atoms with E-state index in [0.29, 0.717) is 13.2 Å². The number of nitrogens with zero attached hydrogens (tertiary/aromatic N) is 1. The first-order valence-corrected chi connectivity index (χ1v) is 8.45. The number of hydrogen-bond acceptors (Lipinski definition) is 3. The molecule has 0 aliphatic heterocycles. The molecule has 1 aliphatic rings. The number of benzene rings is 1. The number of ether oxygens (including phenoxy) is 2. The van der Waals surface area contributed by atoms with Crippen LogP contribution in [0.25, 0.3) is 0 Å². The van der Waals surface area contributed by atoms with Gasteiger partial charge in [-0.05, 0) is 42.4 Å². The third-order valence-corrected chi connectivity index (χ3v) is 4.04. The number of halogens is 1. The molecule has 0 heterocycles. The van der Waals surface area contributed by atoms with E-state index < -0.39 is 0 Å². The van der Waals surface area contributed by atoms with Crippen LogP contribution in [0.5, 0.6) is 0 Å². The van der Waals surface area contributed by atoms with Crippen molar-refractivity contribution in [2.75, 3.05) is 40.5 Å². The molecule has 0 aromatic heterocycles. The molecule has 0 bridgehead atoms. The van der Waals surface area contributed by atoms with Crippen molar-refractivity contribution in [3.63, 3.8) is 0 Å². The lowest BCUT2D eigenvalue weighted by Gasteiger charge is -2.12. The zero-order valence-electron chi connectivity index (χ0n) is 14.8. The van der Waals surface area contributed by atoms with Crippen molar-refractivity contribution >= 4 is 29.9 Å². The van der Waals surface area contributed by atoms with Gasteiger partial charge in [-0.3, -0.25) is 4.99 Å². The third-order valence-electron chi connectivity index (χ3n) is 4.04. The van der Waals surface area contributed by atoms with E-state index in [4.69, 9.17) is 9.47 Å². The Morgan fingerprint density at radius 1 is 1.12 bits per heavy atom. The Hall–Kier alpha value is -0.860. The second-order valence-corrected chi connectivity index (χ2v) is 5.77. The molecule has 1 aromatic carbocycles. The normalized spacial score (nSPS) is 13.3. The highest BCUT2D eigenvalue weighted by atomic mass is 127. The van der Waals surface area contributed by atoms with E-state index in [1.807, 2.05) is 0 Å². The number of rotatable bonds is 9. The van der Waals surface area contributed by atoms with Crippen molar-refractivity contribution in [1.82, 2.24) is 10.6 Å². The maximum absolute atomic E-state index is 5.44. The number of guanidine groups is 1. The van der Waals surface area contributed by atoms with E-state index in [1.165, 1.54) is 36.0 Å². The summed E-state index contributed by atoms with van der Waals surface area (Å²) in [5.74, 6) is 0.836.